The lowest BCUT2D eigenvalue weighted by molar-refractivity contribution is 0.282. The van der Waals surface area contributed by atoms with Crippen LogP contribution >= 0.6 is 11.3 Å². The van der Waals surface area contributed by atoms with E-state index in [-0.39, 0.29) is 6.61 Å². The highest BCUT2D eigenvalue weighted by Gasteiger charge is 2.34. The molecule has 0 radical (unpaired) electrons. The Morgan fingerprint density at radius 3 is 2.78 bits per heavy atom. The maximum atomic E-state index is 12.4. The molecule has 1 aromatic rings. The second-order valence-corrected chi connectivity index (χ2v) is 8.16. The summed E-state index contributed by atoms with van der Waals surface area (Å²) in [5, 5.41) is 10.7. The van der Waals surface area contributed by atoms with E-state index in [2.05, 4.69) is 13.8 Å². The number of hydrogen-bond donors (Lipinski definition) is 1. The molecule has 0 spiro atoms. The van der Waals surface area contributed by atoms with E-state index in [9.17, 15) is 8.42 Å². The predicted octanol–water partition coefficient (Wildman–Crippen LogP) is 1.91. The number of aliphatic hydroxyl groups is 1. The molecule has 0 aromatic carbocycles. The van der Waals surface area contributed by atoms with Crippen LogP contribution in [0.1, 0.15) is 25.8 Å². The minimum atomic E-state index is -3.35. The Bertz CT molecular complexity index is 507. The van der Waals surface area contributed by atoms with Crippen molar-refractivity contribution in [1.82, 2.24) is 4.31 Å². The SMILES string of the molecule is CC(C)C1CCN(S(=O)(=O)c2cc(CO)cs2)C1. The van der Waals surface area contributed by atoms with Gasteiger partial charge in [0.15, 0.2) is 0 Å². The van der Waals surface area contributed by atoms with Crippen molar-refractivity contribution in [2.24, 2.45) is 11.8 Å². The van der Waals surface area contributed by atoms with Gasteiger partial charge in [0, 0.05) is 13.1 Å². The van der Waals surface area contributed by atoms with Crippen molar-refractivity contribution in [1.29, 1.82) is 0 Å². The van der Waals surface area contributed by atoms with Crippen LogP contribution in [0.4, 0.5) is 0 Å². The Morgan fingerprint density at radius 2 is 2.28 bits per heavy atom. The van der Waals surface area contributed by atoms with Crippen LogP contribution in [0, 0.1) is 11.8 Å². The maximum Gasteiger partial charge on any atom is 0.252 e. The van der Waals surface area contributed by atoms with Gasteiger partial charge in [-0.3, -0.25) is 0 Å². The summed E-state index contributed by atoms with van der Waals surface area (Å²) in [6.07, 6.45) is 0.940. The first-order valence-corrected chi connectivity index (χ1v) is 8.45. The van der Waals surface area contributed by atoms with Crippen LogP contribution in [-0.2, 0) is 16.6 Å². The van der Waals surface area contributed by atoms with Crippen molar-refractivity contribution >= 4 is 21.4 Å². The Hall–Kier alpha value is -0.430. The van der Waals surface area contributed by atoms with E-state index in [0.717, 1.165) is 6.42 Å². The smallest absolute Gasteiger partial charge is 0.252 e. The van der Waals surface area contributed by atoms with E-state index in [1.54, 1.807) is 15.8 Å². The topological polar surface area (TPSA) is 57.6 Å². The average Bonchev–Trinajstić information content (AvgIpc) is 2.98. The highest BCUT2D eigenvalue weighted by atomic mass is 32.2. The summed E-state index contributed by atoms with van der Waals surface area (Å²) in [7, 11) is -3.35. The van der Waals surface area contributed by atoms with Crippen LogP contribution in [-0.4, -0.2) is 30.9 Å². The molecule has 2 rings (SSSR count). The summed E-state index contributed by atoms with van der Waals surface area (Å²) in [5.41, 5.74) is 0.665. The zero-order chi connectivity index (χ0) is 13.3. The minimum absolute atomic E-state index is 0.110. The van der Waals surface area contributed by atoms with Crippen molar-refractivity contribution in [2.75, 3.05) is 13.1 Å². The largest absolute Gasteiger partial charge is 0.392 e. The van der Waals surface area contributed by atoms with Gasteiger partial charge in [-0.2, -0.15) is 4.31 Å². The molecule has 2 heterocycles. The highest BCUT2D eigenvalue weighted by molar-refractivity contribution is 7.91. The number of sulfonamides is 1. The van der Waals surface area contributed by atoms with Gasteiger partial charge >= 0.3 is 0 Å². The molecule has 1 atom stereocenters. The molecule has 0 saturated carbocycles. The Labute approximate surface area is 112 Å². The van der Waals surface area contributed by atoms with E-state index in [1.807, 2.05) is 0 Å². The van der Waals surface area contributed by atoms with Gasteiger partial charge in [0.1, 0.15) is 4.21 Å². The van der Waals surface area contributed by atoms with Crippen LogP contribution in [0.5, 0.6) is 0 Å². The summed E-state index contributed by atoms with van der Waals surface area (Å²) in [6, 6.07) is 1.57. The predicted molar refractivity (Wildman–Crippen MR) is 71.9 cm³/mol. The van der Waals surface area contributed by atoms with Crippen molar-refractivity contribution in [3.63, 3.8) is 0 Å². The zero-order valence-corrected chi connectivity index (χ0v) is 12.3. The van der Waals surface area contributed by atoms with E-state index < -0.39 is 10.0 Å². The Balaban J connectivity index is 2.17. The molecule has 1 fully saturated rings. The molecule has 6 heteroatoms. The fourth-order valence-electron chi connectivity index (χ4n) is 2.22. The molecule has 1 aromatic heterocycles. The minimum Gasteiger partial charge on any atom is -0.392 e. The fraction of sp³-hybridized carbons (Fsp3) is 0.667. The lowest BCUT2D eigenvalue weighted by atomic mass is 9.96. The summed E-state index contributed by atoms with van der Waals surface area (Å²) in [5.74, 6) is 0.971. The fourth-order valence-corrected chi connectivity index (χ4v) is 5.08. The molecule has 1 aliphatic rings. The quantitative estimate of drug-likeness (QED) is 0.921. The van der Waals surface area contributed by atoms with E-state index in [4.69, 9.17) is 5.11 Å². The molecule has 102 valence electrons. The van der Waals surface area contributed by atoms with Gasteiger partial charge in [-0.25, -0.2) is 8.42 Å². The van der Waals surface area contributed by atoms with Crippen molar-refractivity contribution in [3.8, 4) is 0 Å². The third-order valence-corrected chi connectivity index (χ3v) is 6.87. The van der Waals surface area contributed by atoms with E-state index in [1.165, 1.54) is 11.3 Å². The van der Waals surface area contributed by atoms with Gasteiger partial charge in [0.2, 0.25) is 0 Å². The highest BCUT2D eigenvalue weighted by Crippen LogP contribution is 2.31. The summed E-state index contributed by atoms with van der Waals surface area (Å²) < 4.78 is 26.7. The lowest BCUT2D eigenvalue weighted by Crippen LogP contribution is -2.28. The van der Waals surface area contributed by atoms with Gasteiger partial charge in [0.25, 0.3) is 10.0 Å². The zero-order valence-electron chi connectivity index (χ0n) is 10.7. The Kier molecular flexibility index (Phi) is 4.11. The third kappa shape index (κ3) is 2.61. The first-order valence-electron chi connectivity index (χ1n) is 6.13. The number of aliphatic hydroxyl groups excluding tert-OH is 1. The normalized spacial score (nSPS) is 21.9. The molecule has 0 amide bonds. The first-order chi connectivity index (χ1) is 8.45. The van der Waals surface area contributed by atoms with E-state index in [0.29, 0.717) is 34.7 Å². The summed E-state index contributed by atoms with van der Waals surface area (Å²) in [6.45, 7) is 5.39. The first kappa shape index (κ1) is 14.0. The third-order valence-electron chi connectivity index (χ3n) is 3.54. The van der Waals surface area contributed by atoms with Crippen LogP contribution < -0.4 is 0 Å². The van der Waals surface area contributed by atoms with Gasteiger partial charge in [-0.15, -0.1) is 11.3 Å². The average molecular weight is 289 g/mol. The molecular weight excluding hydrogens is 270 g/mol. The number of thiophene rings is 1. The molecular formula is C12H19NO3S2. The van der Waals surface area contributed by atoms with Crippen LogP contribution in [0.25, 0.3) is 0 Å². The number of nitrogens with zero attached hydrogens (tertiary/aromatic N) is 1. The van der Waals surface area contributed by atoms with Crippen LogP contribution in [0.15, 0.2) is 15.7 Å². The van der Waals surface area contributed by atoms with Crippen LogP contribution in [0.2, 0.25) is 0 Å². The molecule has 4 nitrogen and oxygen atoms in total. The number of hydrogen-bond acceptors (Lipinski definition) is 4. The van der Waals surface area contributed by atoms with Crippen molar-refractivity contribution in [3.05, 3.63) is 17.0 Å². The lowest BCUT2D eigenvalue weighted by Gasteiger charge is -2.17. The molecule has 1 saturated heterocycles. The Morgan fingerprint density at radius 1 is 1.56 bits per heavy atom. The standard InChI is InChI=1S/C12H19NO3S2/c1-9(2)11-3-4-13(6-11)18(15,16)12-5-10(7-14)8-17-12/h5,8-9,11,14H,3-4,6-7H2,1-2H3. The van der Waals surface area contributed by atoms with Crippen LogP contribution in [0.3, 0.4) is 0 Å². The second-order valence-electron chi connectivity index (χ2n) is 5.09. The summed E-state index contributed by atoms with van der Waals surface area (Å²) in [4.78, 5) is 0. The van der Waals surface area contributed by atoms with Gasteiger partial charge in [-0.05, 0) is 35.3 Å². The monoisotopic (exact) mass is 289 g/mol. The van der Waals surface area contributed by atoms with Crippen molar-refractivity contribution in [2.45, 2.75) is 31.1 Å². The molecule has 1 unspecified atom stereocenters. The van der Waals surface area contributed by atoms with Gasteiger partial charge in [-0.1, -0.05) is 13.8 Å². The van der Waals surface area contributed by atoms with Gasteiger partial charge < -0.3 is 5.11 Å². The molecule has 0 aliphatic carbocycles. The van der Waals surface area contributed by atoms with Crippen molar-refractivity contribution < 1.29 is 13.5 Å². The molecule has 0 bridgehead atoms. The molecule has 1 N–H and O–H groups in total. The maximum absolute atomic E-state index is 12.4. The molecule has 1 aliphatic heterocycles. The summed E-state index contributed by atoms with van der Waals surface area (Å²) >= 11 is 1.19. The van der Waals surface area contributed by atoms with E-state index >= 15 is 0 Å². The second kappa shape index (κ2) is 5.28. The number of rotatable bonds is 4. The van der Waals surface area contributed by atoms with Gasteiger partial charge in [0.05, 0.1) is 6.61 Å². The molecule has 18 heavy (non-hydrogen) atoms.